The third-order valence-corrected chi connectivity index (χ3v) is 5.19. The molecule has 2 N–H and O–H groups in total. The fourth-order valence-corrected chi connectivity index (χ4v) is 3.68. The molecule has 0 fully saturated rings. The first kappa shape index (κ1) is 15.5. The van der Waals surface area contributed by atoms with Crippen LogP contribution in [0.4, 0.5) is 5.69 Å². The van der Waals surface area contributed by atoms with Crippen molar-refractivity contribution < 1.29 is 8.42 Å². The van der Waals surface area contributed by atoms with Gasteiger partial charge < -0.3 is 5.73 Å². The average Bonchev–Trinajstić information content (AvgIpc) is 2.50. The first-order chi connectivity index (χ1) is 10.1. The zero-order valence-electron chi connectivity index (χ0n) is 12.1. The Hall–Kier alpha value is -1.85. The van der Waals surface area contributed by atoms with Gasteiger partial charge in [-0.25, -0.2) is 8.42 Å². The molecule has 0 spiro atoms. The van der Waals surface area contributed by atoms with Gasteiger partial charge in [-0.05, 0) is 49.7 Å². The monoisotopic (exact) mass is 304 g/mol. The summed E-state index contributed by atoms with van der Waals surface area (Å²) in [5.41, 5.74) is 7.22. The van der Waals surface area contributed by atoms with Crippen LogP contribution >= 0.6 is 0 Å². The Morgan fingerprint density at radius 1 is 1.00 bits per heavy atom. The number of rotatable bonds is 6. The number of hydrogen-bond donors (Lipinski definition) is 1. The first-order valence-corrected chi connectivity index (χ1v) is 8.40. The Balaban J connectivity index is 2.35. The molecule has 0 saturated heterocycles. The van der Waals surface area contributed by atoms with Crippen LogP contribution in [0.3, 0.4) is 0 Å². The van der Waals surface area contributed by atoms with Crippen LogP contribution in [0.15, 0.2) is 59.5 Å². The highest BCUT2D eigenvalue weighted by molar-refractivity contribution is 7.92. The van der Waals surface area contributed by atoms with E-state index in [1.54, 1.807) is 24.3 Å². The maximum Gasteiger partial charge on any atom is 0.264 e. The molecule has 2 rings (SSSR count). The number of nitrogens with two attached hydrogens (primary N) is 1. The van der Waals surface area contributed by atoms with E-state index in [4.69, 9.17) is 5.73 Å². The Morgan fingerprint density at radius 3 is 2.14 bits per heavy atom. The molecule has 0 atom stereocenters. The van der Waals surface area contributed by atoms with Crippen LogP contribution in [0, 0.1) is 0 Å². The van der Waals surface area contributed by atoms with Crippen molar-refractivity contribution >= 4 is 15.7 Å². The highest BCUT2D eigenvalue weighted by Crippen LogP contribution is 2.23. The molecule has 0 bridgehead atoms. The van der Waals surface area contributed by atoms with Crippen LogP contribution in [0.1, 0.15) is 12.5 Å². The smallest absolute Gasteiger partial charge is 0.264 e. The summed E-state index contributed by atoms with van der Waals surface area (Å²) in [7, 11) is -3.53. The van der Waals surface area contributed by atoms with Gasteiger partial charge in [0.15, 0.2) is 0 Å². The summed E-state index contributed by atoms with van der Waals surface area (Å²) < 4.78 is 26.9. The molecule has 0 radical (unpaired) electrons. The number of sulfonamides is 1. The summed E-state index contributed by atoms with van der Waals surface area (Å²) in [4.78, 5) is 0.300. The number of anilines is 1. The van der Waals surface area contributed by atoms with Gasteiger partial charge in [0, 0.05) is 6.54 Å². The van der Waals surface area contributed by atoms with Gasteiger partial charge in [0.2, 0.25) is 0 Å². The largest absolute Gasteiger partial charge is 0.330 e. The Bertz CT molecular complexity index is 667. The van der Waals surface area contributed by atoms with E-state index in [1.807, 2.05) is 37.3 Å². The second-order valence-electron chi connectivity index (χ2n) is 4.69. The molecule has 0 saturated carbocycles. The Morgan fingerprint density at radius 2 is 1.62 bits per heavy atom. The SMILES string of the molecule is CCN(c1ccccc1)S(=O)(=O)c1ccc(CCN)cc1. The van der Waals surface area contributed by atoms with Crippen molar-refractivity contribution in [2.75, 3.05) is 17.4 Å². The molecule has 0 aliphatic rings. The van der Waals surface area contributed by atoms with Crippen LogP contribution in [-0.2, 0) is 16.4 Å². The normalized spacial score (nSPS) is 11.3. The van der Waals surface area contributed by atoms with E-state index in [1.165, 1.54) is 4.31 Å². The molecule has 2 aromatic rings. The fourth-order valence-electron chi connectivity index (χ4n) is 2.21. The third kappa shape index (κ3) is 3.43. The van der Waals surface area contributed by atoms with Gasteiger partial charge in [0.05, 0.1) is 10.6 Å². The van der Waals surface area contributed by atoms with Crippen LogP contribution in [0.2, 0.25) is 0 Å². The van der Waals surface area contributed by atoms with Crippen LogP contribution in [0.5, 0.6) is 0 Å². The molecule has 0 amide bonds. The number of para-hydroxylation sites is 1. The lowest BCUT2D eigenvalue weighted by atomic mass is 10.2. The van der Waals surface area contributed by atoms with E-state index in [0.717, 1.165) is 12.0 Å². The van der Waals surface area contributed by atoms with Gasteiger partial charge in [-0.2, -0.15) is 0 Å². The van der Waals surface area contributed by atoms with Crippen LogP contribution in [0.25, 0.3) is 0 Å². The molecule has 21 heavy (non-hydrogen) atoms. The second-order valence-corrected chi connectivity index (χ2v) is 6.55. The zero-order valence-corrected chi connectivity index (χ0v) is 12.9. The van der Waals surface area contributed by atoms with Crippen molar-refractivity contribution in [3.05, 3.63) is 60.2 Å². The lowest BCUT2D eigenvalue weighted by Gasteiger charge is -2.23. The van der Waals surface area contributed by atoms with E-state index in [0.29, 0.717) is 23.7 Å². The van der Waals surface area contributed by atoms with E-state index in [-0.39, 0.29) is 0 Å². The molecule has 112 valence electrons. The molecule has 4 nitrogen and oxygen atoms in total. The van der Waals surface area contributed by atoms with Crippen molar-refractivity contribution in [2.45, 2.75) is 18.2 Å². The summed E-state index contributed by atoms with van der Waals surface area (Å²) in [5.74, 6) is 0. The minimum atomic E-state index is -3.53. The third-order valence-electron chi connectivity index (χ3n) is 3.28. The molecule has 0 aliphatic heterocycles. The first-order valence-electron chi connectivity index (χ1n) is 6.96. The molecule has 0 aromatic heterocycles. The summed E-state index contributed by atoms with van der Waals surface area (Å²) >= 11 is 0. The highest BCUT2D eigenvalue weighted by atomic mass is 32.2. The van der Waals surface area contributed by atoms with Crippen molar-refractivity contribution in [1.82, 2.24) is 0 Å². The van der Waals surface area contributed by atoms with Gasteiger partial charge in [0.1, 0.15) is 0 Å². The van der Waals surface area contributed by atoms with Crippen molar-refractivity contribution in [3.63, 3.8) is 0 Å². The van der Waals surface area contributed by atoms with E-state index in [9.17, 15) is 8.42 Å². The fraction of sp³-hybridized carbons (Fsp3) is 0.250. The van der Waals surface area contributed by atoms with Crippen LogP contribution < -0.4 is 10.0 Å². The summed E-state index contributed by atoms with van der Waals surface area (Å²) in [6, 6.07) is 16.0. The second kappa shape index (κ2) is 6.74. The number of hydrogen-bond acceptors (Lipinski definition) is 3. The topological polar surface area (TPSA) is 63.4 Å². The standard InChI is InChI=1S/C16H20N2O2S/c1-2-18(15-6-4-3-5-7-15)21(19,20)16-10-8-14(9-11-16)12-13-17/h3-11H,2,12-13,17H2,1H3. The molecule has 5 heteroatoms. The molecule has 0 aliphatic carbocycles. The van der Waals surface area contributed by atoms with Crippen molar-refractivity contribution in [1.29, 1.82) is 0 Å². The maximum atomic E-state index is 12.7. The van der Waals surface area contributed by atoms with E-state index < -0.39 is 10.0 Å². The van der Waals surface area contributed by atoms with E-state index in [2.05, 4.69) is 0 Å². The maximum absolute atomic E-state index is 12.7. The minimum absolute atomic E-state index is 0.300. The summed E-state index contributed by atoms with van der Waals surface area (Å²) in [6.07, 6.45) is 0.747. The quantitative estimate of drug-likeness (QED) is 0.891. The van der Waals surface area contributed by atoms with Crippen LogP contribution in [-0.4, -0.2) is 21.5 Å². The Labute approximate surface area is 126 Å². The average molecular weight is 304 g/mol. The van der Waals surface area contributed by atoms with Gasteiger partial charge in [-0.3, -0.25) is 4.31 Å². The van der Waals surface area contributed by atoms with Gasteiger partial charge in [-0.15, -0.1) is 0 Å². The molecular weight excluding hydrogens is 284 g/mol. The van der Waals surface area contributed by atoms with Gasteiger partial charge >= 0.3 is 0 Å². The predicted octanol–water partition coefficient (Wildman–Crippen LogP) is 2.40. The lowest BCUT2D eigenvalue weighted by molar-refractivity contribution is 0.592. The highest BCUT2D eigenvalue weighted by Gasteiger charge is 2.23. The molecule has 0 unspecified atom stereocenters. The molecule has 0 heterocycles. The minimum Gasteiger partial charge on any atom is -0.330 e. The lowest BCUT2D eigenvalue weighted by Crippen LogP contribution is -2.30. The van der Waals surface area contributed by atoms with Gasteiger partial charge in [-0.1, -0.05) is 30.3 Å². The number of benzene rings is 2. The predicted molar refractivity (Wildman–Crippen MR) is 85.8 cm³/mol. The summed E-state index contributed by atoms with van der Waals surface area (Å²) in [6.45, 7) is 2.77. The number of nitrogens with zero attached hydrogens (tertiary/aromatic N) is 1. The summed E-state index contributed by atoms with van der Waals surface area (Å²) in [5, 5.41) is 0. The zero-order chi connectivity index (χ0) is 15.3. The van der Waals surface area contributed by atoms with Crippen molar-refractivity contribution in [3.8, 4) is 0 Å². The Kier molecular flexibility index (Phi) is 4.98. The van der Waals surface area contributed by atoms with E-state index >= 15 is 0 Å². The molecule has 2 aromatic carbocycles. The van der Waals surface area contributed by atoms with Crippen molar-refractivity contribution in [2.24, 2.45) is 5.73 Å². The molecular formula is C16H20N2O2S. The van der Waals surface area contributed by atoms with Gasteiger partial charge in [0.25, 0.3) is 10.0 Å².